The molecular weight excluding hydrogens is 170 g/mol. The van der Waals surface area contributed by atoms with Crippen LogP contribution in [0.3, 0.4) is 0 Å². The molecule has 0 aliphatic heterocycles. The molecule has 0 spiro atoms. The van der Waals surface area contributed by atoms with Gasteiger partial charge in [0.1, 0.15) is 0 Å². The first-order chi connectivity index (χ1) is 5.95. The largest absolute Gasteiger partial charge is 0.385 e. The monoisotopic (exact) mass is 191 g/mol. The molecule has 0 fully saturated rings. The van der Waals surface area contributed by atoms with Crippen molar-refractivity contribution in [3.8, 4) is 0 Å². The predicted molar refractivity (Wildman–Crippen MR) is 51.3 cm³/mol. The molecule has 0 aromatic heterocycles. The minimum absolute atomic E-state index is 0.326. The highest BCUT2D eigenvalue weighted by atomic mass is 16.6. The Morgan fingerprint density at radius 1 is 1.38 bits per heavy atom. The molecule has 4 heteroatoms. The normalized spacial score (nSPS) is 14.5. The van der Waals surface area contributed by atoms with Crippen LogP contribution in [0.5, 0.6) is 0 Å². The van der Waals surface area contributed by atoms with Crippen LogP contribution in [0.4, 0.5) is 0 Å². The summed E-state index contributed by atoms with van der Waals surface area (Å²) in [6.45, 7) is 7.06. The van der Waals surface area contributed by atoms with Gasteiger partial charge in [-0.25, -0.2) is 0 Å². The van der Waals surface area contributed by atoms with Gasteiger partial charge in [0.05, 0.1) is 5.60 Å². The molecule has 0 bridgehead atoms. The van der Waals surface area contributed by atoms with Crippen molar-refractivity contribution in [2.45, 2.75) is 39.2 Å². The highest BCUT2D eigenvalue weighted by Gasteiger charge is 2.15. The molecule has 0 aromatic carbocycles. The fraction of sp³-hybridized carbons (Fsp3) is 1.00. The molecular formula is C9H21NO3. The van der Waals surface area contributed by atoms with Crippen LogP contribution in [0.2, 0.25) is 0 Å². The van der Waals surface area contributed by atoms with Crippen molar-refractivity contribution in [2.75, 3.05) is 20.3 Å². The third-order valence-electron chi connectivity index (χ3n) is 1.31. The van der Waals surface area contributed by atoms with Crippen LogP contribution in [-0.2, 0) is 9.47 Å². The average Bonchev–Trinajstić information content (AvgIpc) is 1.94. The van der Waals surface area contributed by atoms with Gasteiger partial charge in [0.2, 0.25) is 6.41 Å². The molecule has 0 aromatic rings. The molecule has 4 nitrogen and oxygen atoms in total. The maximum Gasteiger partial charge on any atom is 0.214 e. The molecule has 0 saturated carbocycles. The lowest BCUT2D eigenvalue weighted by atomic mass is 10.2. The highest BCUT2D eigenvalue weighted by Crippen LogP contribution is 2.07. The highest BCUT2D eigenvalue weighted by molar-refractivity contribution is 4.59. The van der Waals surface area contributed by atoms with Crippen molar-refractivity contribution in [1.29, 1.82) is 0 Å². The van der Waals surface area contributed by atoms with Gasteiger partial charge in [0.15, 0.2) is 0 Å². The first-order valence-electron chi connectivity index (χ1n) is 4.54. The maximum absolute atomic E-state index is 9.31. The van der Waals surface area contributed by atoms with Gasteiger partial charge < -0.3 is 14.6 Å². The van der Waals surface area contributed by atoms with Crippen molar-refractivity contribution in [3.63, 3.8) is 0 Å². The fourth-order valence-corrected chi connectivity index (χ4v) is 0.819. The van der Waals surface area contributed by atoms with Crippen molar-refractivity contribution in [1.82, 2.24) is 5.32 Å². The van der Waals surface area contributed by atoms with Gasteiger partial charge in [-0.05, 0) is 27.2 Å². The van der Waals surface area contributed by atoms with Crippen LogP contribution in [0.15, 0.2) is 0 Å². The first-order valence-corrected chi connectivity index (χ1v) is 4.54. The molecule has 1 unspecified atom stereocenters. The minimum Gasteiger partial charge on any atom is -0.385 e. The van der Waals surface area contributed by atoms with Gasteiger partial charge in [-0.3, -0.25) is 5.32 Å². The predicted octanol–water partition coefficient (Wildman–Crippen LogP) is 0.703. The van der Waals surface area contributed by atoms with E-state index in [1.807, 2.05) is 20.8 Å². The van der Waals surface area contributed by atoms with Gasteiger partial charge in [-0.1, -0.05) is 0 Å². The zero-order valence-electron chi connectivity index (χ0n) is 8.96. The van der Waals surface area contributed by atoms with Crippen molar-refractivity contribution in [3.05, 3.63) is 0 Å². The standard InChI is InChI=1S/C9H21NO3/c1-9(2,3)13-8(11)10-6-5-7-12-4/h8,10-11H,5-7H2,1-4H3. The molecule has 80 valence electrons. The molecule has 13 heavy (non-hydrogen) atoms. The summed E-state index contributed by atoms with van der Waals surface area (Å²) in [5, 5.41) is 12.1. The summed E-state index contributed by atoms with van der Waals surface area (Å²) in [6, 6.07) is 0. The Balaban J connectivity index is 3.35. The number of aliphatic hydroxyl groups excluding tert-OH is 1. The van der Waals surface area contributed by atoms with E-state index >= 15 is 0 Å². The van der Waals surface area contributed by atoms with E-state index in [-0.39, 0.29) is 5.60 Å². The Morgan fingerprint density at radius 3 is 2.46 bits per heavy atom. The lowest BCUT2D eigenvalue weighted by Crippen LogP contribution is -2.38. The summed E-state index contributed by atoms with van der Waals surface area (Å²) in [7, 11) is 1.65. The van der Waals surface area contributed by atoms with Crippen LogP contribution in [0.1, 0.15) is 27.2 Å². The Bertz CT molecular complexity index is 123. The molecule has 1 atom stereocenters. The second kappa shape index (κ2) is 6.32. The van der Waals surface area contributed by atoms with Gasteiger partial charge in [-0.2, -0.15) is 0 Å². The van der Waals surface area contributed by atoms with Gasteiger partial charge in [0.25, 0.3) is 0 Å². The molecule has 2 N–H and O–H groups in total. The second-order valence-electron chi connectivity index (χ2n) is 3.88. The Morgan fingerprint density at radius 2 is 2.00 bits per heavy atom. The van der Waals surface area contributed by atoms with Crippen LogP contribution in [0, 0.1) is 0 Å². The van der Waals surface area contributed by atoms with Crippen LogP contribution < -0.4 is 5.32 Å². The summed E-state index contributed by atoms with van der Waals surface area (Å²) >= 11 is 0. The topological polar surface area (TPSA) is 50.7 Å². The van der Waals surface area contributed by atoms with Gasteiger partial charge >= 0.3 is 0 Å². The Hall–Kier alpha value is -0.160. The number of nitrogens with one attached hydrogen (secondary N) is 1. The number of hydrogen-bond acceptors (Lipinski definition) is 4. The van der Waals surface area contributed by atoms with E-state index in [4.69, 9.17) is 9.47 Å². The van der Waals surface area contributed by atoms with Crippen molar-refractivity contribution in [2.24, 2.45) is 0 Å². The van der Waals surface area contributed by atoms with Crippen molar-refractivity contribution >= 4 is 0 Å². The van der Waals surface area contributed by atoms with E-state index in [0.29, 0.717) is 13.2 Å². The average molecular weight is 191 g/mol. The smallest absolute Gasteiger partial charge is 0.214 e. The molecule has 0 radical (unpaired) electrons. The van der Waals surface area contributed by atoms with Crippen molar-refractivity contribution < 1.29 is 14.6 Å². The first kappa shape index (κ1) is 12.8. The number of aliphatic hydroxyl groups is 1. The van der Waals surface area contributed by atoms with Gasteiger partial charge in [-0.15, -0.1) is 0 Å². The lowest BCUT2D eigenvalue weighted by Gasteiger charge is -2.24. The summed E-state index contributed by atoms with van der Waals surface area (Å²) < 4.78 is 10.1. The molecule has 0 heterocycles. The van der Waals surface area contributed by atoms with E-state index in [1.165, 1.54) is 0 Å². The summed E-state index contributed by atoms with van der Waals surface area (Å²) in [5.41, 5.74) is -0.326. The molecule has 0 rings (SSSR count). The quantitative estimate of drug-likeness (QED) is 0.479. The zero-order valence-corrected chi connectivity index (χ0v) is 8.96. The maximum atomic E-state index is 9.31. The van der Waals surface area contributed by atoms with Crippen LogP contribution in [-0.4, -0.2) is 37.4 Å². The Kier molecular flexibility index (Phi) is 6.24. The third-order valence-corrected chi connectivity index (χ3v) is 1.31. The molecule has 0 saturated heterocycles. The van der Waals surface area contributed by atoms with E-state index < -0.39 is 6.41 Å². The van der Waals surface area contributed by atoms with Crippen LogP contribution in [0.25, 0.3) is 0 Å². The fourth-order valence-electron chi connectivity index (χ4n) is 0.819. The lowest BCUT2D eigenvalue weighted by molar-refractivity contribution is -0.181. The number of hydrogen-bond donors (Lipinski definition) is 2. The third kappa shape index (κ3) is 9.76. The second-order valence-corrected chi connectivity index (χ2v) is 3.88. The minimum atomic E-state index is -0.892. The SMILES string of the molecule is COCCCNC(O)OC(C)(C)C. The number of ether oxygens (including phenoxy) is 2. The van der Waals surface area contributed by atoms with E-state index in [0.717, 1.165) is 6.42 Å². The van der Waals surface area contributed by atoms with Gasteiger partial charge in [0, 0.05) is 20.3 Å². The number of methoxy groups -OCH3 is 1. The van der Waals surface area contributed by atoms with E-state index in [2.05, 4.69) is 5.32 Å². The molecule has 0 aliphatic carbocycles. The molecule has 0 amide bonds. The zero-order chi connectivity index (χ0) is 10.3. The summed E-state index contributed by atoms with van der Waals surface area (Å²) in [5.74, 6) is 0. The van der Waals surface area contributed by atoms with E-state index in [9.17, 15) is 5.11 Å². The van der Waals surface area contributed by atoms with Crippen LogP contribution >= 0.6 is 0 Å². The summed E-state index contributed by atoms with van der Waals surface area (Å²) in [4.78, 5) is 0. The van der Waals surface area contributed by atoms with E-state index in [1.54, 1.807) is 7.11 Å². The Labute approximate surface area is 80.2 Å². The number of rotatable bonds is 6. The summed E-state index contributed by atoms with van der Waals surface area (Å²) in [6.07, 6.45) is -0.0296. The molecule has 0 aliphatic rings.